The third kappa shape index (κ3) is 3.04. The van der Waals surface area contributed by atoms with Crippen molar-refractivity contribution < 1.29 is 19.7 Å². The summed E-state index contributed by atoms with van der Waals surface area (Å²) < 4.78 is 5.48. The third-order valence-electron chi connectivity index (χ3n) is 2.78. The number of carboxylic acid groups (broad SMARTS) is 1. The van der Waals surface area contributed by atoms with Crippen LogP contribution >= 0.6 is 0 Å². The van der Waals surface area contributed by atoms with E-state index in [-0.39, 0.29) is 17.9 Å². The number of aromatic carboxylic acids is 1. The number of carboxylic acids is 1. The highest BCUT2D eigenvalue weighted by Gasteiger charge is 2.08. The second-order valence-electron chi connectivity index (χ2n) is 4.21. The topological polar surface area (TPSA) is 66.8 Å². The standard InChI is InChI=1S/C15H14O4/c1-10-8-11(6-7-12(10)15(17)18)9-19-14-5-3-2-4-13(14)16/h2-8,16H,9H2,1H3,(H,17,18). The summed E-state index contributed by atoms with van der Waals surface area (Å²) in [5.41, 5.74) is 1.82. The van der Waals surface area contributed by atoms with E-state index in [1.807, 2.05) is 0 Å². The molecule has 0 saturated heterocycles. The summed E-state index contributed by atoms with van der Waals surface area (Å²) >= 11 is 0. The van der Waals surface area contributed by atoms with Crippen LogP contribution in [0.15, 0.2) is 42.5 Å². The van der Waals surface area contributed by atoms with E-state index >= 15 is 0 Å². The van der Waals surface area contributed by atoms with Gasteiger partial charge in [0.1, 0.15) is 6.61 Å². The Bertz CT molecular complexity index is 605. The van der Waals surface area contributed by atoms with Crippen LogP contribution in [0, 0.1) is 6.92 Å². The molecule has 2 N–H and O–H groups in total. The van der Waals surface area contributed by atoms with Gasteiger partial charge < -0.3 is 14.9 Å². The van der Waals surface area contributed by atoms with Crippen LogP contribution in [0.2, 0.25) is 0 Å². The van der Waals surface area contributed by atoms with Crippen molar-refractivity contribution in [2.75, 3.05) is 0 Å². The number of rotatable bonds is 4. The van der Waals surface area contributed by atoms with Crippen molar-refractivity contribution in [3.05, 3.63) is 59.2 Å². The van der Waals surface area contributed by atoms with Crippen LogP contribution in [0.25, 0.3) is 0 Å². The Hall–Kier alpha value is -2.49. The van der Waals surface area contributed by atoms with E-state index in [0.717, 1.165) is 5.56 Å². The lowest BCUT2D eigenvalue weighted by molar-refractivity contribution is 0.0696. The van der Waals surface area contributed by atoms with E-state index in [0.29, 0.717) is 11.3 Å². The SMILES string of the molecule is Cc1cc(COc2ccccc2O)ccc1C(=O)O. The van der Waals surface area contributed by atoms with Crippen molar-refractivity contribution in [3.63, 3.8) is 0 Å². The first-order chi connectivity index (χ1) is 9.08. The van der Waals surface area contributed by atoms with Crippen molar-refractivity contribution in [2.45, 2.75) is 13.5 Å². The van der Waals surface area contributed by atoms with Crippen molar-refractivity contribution in [1.29, 1.82) is 0 Å². The summed E-state index contributed by atoms with van der Waals surface area (Å²) in [7, 11) is 0. The van der Waals surface area contributed by atoms with E-state index in [1.165, 1.54) is 0 Å². The van der Waals surface area contributed by atoms with Crippen LogP contribution in [0.4, 0.5) is 0 Å². The summed E-state index contributed by atoms with van der Waals surface area (Å²) in [4.78, 5) is 10.9. The van der Waals surface area contributed by atoms with Gasteiger partial charge in [0, 0.05) is 0 Å². The van der Waals surface area contributed by atoms with Gasteiger partial charge >= 0.3 is 5.97 Å². The minimum absolute atomic E-state index is 0.0846. The summed E-state index contributed by atoms with van der Waals surface area (Å²) in [5, 5.41) is 18.5. The second kappa shape index (κ2) is 5.44. The van der Waals surface area contributed by atoms with Gasteiger partial charge in [-0.25, -0.2) is 4.79 Å². The van der Waals surface area contributed by atoms with Gasteiger partial charge in [0.2, 0.25) is 0 Å². The van der Waals surface area contributed by atoms with Gasteiger partial charge in [-0.15, -0.1) is 0 Å². The lowest BCUT2D eigenvalue weighted by Gasteiger charge is -2.09. The molecule has 0 saturated carbocycles. The molecule has 0 aliphatic rings. The molecule has 0 bridgehead atoms. The summed E-state index contributed by atoms with van der Waals surface area (Å²) in [6, 6.07) is 11.7. The Kier molecular flexibility index (Phi) is 3.71. The normalized spacial score (nSPS) is 10.2. The van der Waals surface area contributed by atoms with Crippen LogP contribution < -0.4 is 4.74 Å². The highest BCUT2D eigenvalue weighted by Crippen LogP contribution is 2.25. The molecule has 4 nitrogen and oxygen atoms in total. The summed E-state index contributed by atoms with van der Waals surface area (Å²) in [6.45, 7) is 2.02. The number of phenolic OH excluding ortho intramolecular Hbond substituents is 1. The fraction of sp³-hybridized carbons (Fsp3) is 0.133. The zero-order valence-electron chi connectivity index (χ0n) is 10.5. The molecular formula is C15H14O4. The Balaban J connectivity index is 2.11. The van der Waals surface area contributed by atoms with Crippen LogP contribution in [-0.2, 0) is 6.61 Å². The maximum atomic E-state index is 10.9. The lowest BCUT2D eigenvalue weighted by Crippen LogP contribution is -2.02. The summed E-state index contributed by atoms with van der Waals surface area (Å²) in [5.74, 6) is -0.450. The molecule has 0 aliphatic carbocycles. The monoisotopic (exact) mass is 258 g/mol. The molecule has 0 fully saturated rings. The maximum absolute atomic E-state index is 10.9. The fourth-order valence-corrected chi connectivity index (χ4v) is 1.80. The Morgan fingerprint density at radius 2 is 1.95 bits per heavy atom. The van der Waals surface area contributed by atoms with E-state index in [9.17, 15) is 9.90 Å². The zero-order valence-corrected chi connectivity index (χ0v) is 10.5. The predicted octanol–water partition coefficient (Wildman–Crippen LogP) is 2.98. The van der Waals surface area contributed by atoms with Crippen molar-refractivity contribution in [1.82, 2.24) is 0 Å². The van der Waals surface area contributed by atoms with E-state index in [4.69, 9.17) is 9.84 Å². The minimum atomic E-state index is -0.939. The van der Waals surface area contributed by atoms with Crippen molar-refractivity contribution >= 4 is 5.97 Å². The molecule has 2 aromatic carbocycles. The van der Waals surface area contributed by atoms with Gasteiger partial charge in [-0.2, -0.15) is 0 Å². The average molecular weight is 258 g/mol. The van der Waals surface area contributed by atoms with Gasteiger partial charge in [-0.05, 0) is 36.2 Å². The maximum Gasteiger partial charge on any atom is 0.335 e. The molecule has 19 heavy (non-hydrogen) atoms. The fourth-order valence-electron chi connectivity index (χ4n) is 1.80. The number of hydrogen-bond donors (Lipinski definition) is 2. The Morgan fingerprint density at radius 1 is 1.21 bits per heavy atom. The molecule has 0 aliphatic heterocycles. The molecule has 0 spiro atoms. The highest BCUT2D eigenvalue weighted by molar-refractivity contribution is 5.89. The Labute approximate surface area is 110 Å². The lowest BCUT2D eigenvalue weighted by atomic mass is 10.1. The largest absolute Gasteiger partial charge is 0.504 e. The molecule has 0 heterocycles. The number of aromatic hydroxyl groups is 1. The molecular weight excluding hydrogens is 244 g/mol. The van der Waals surface area contributed by atoms with Crippen LogP contribution in [0.3, 0.4) is 0 Å². The van der Waals surface area contributed by atoms with E-state index < -0.39 is 5.97 Å². The first-order valence-corrected chi connectivity index (χ1v) is 5.81. The summed E-state index contributed by atoms with van der Waals surface area (Å²) in [6.07, 6.45) is 0. The second-order valence-corrected chi connectivity index (χ2v) is 4.21. The van der Waals surface area contributed by atoms with Crippen molar-refractivity contribution in [3.8, 4) is 11.5 Å². The third-order valence-corrected chi connectivity index (χ3v) is 2.78. The van der Waals surface area contributed by atoms with Gasteiger partial charge in [0.05, 0.1) is 5.56 Å². The predicted molar refractivity (Wildman–Crippen MR) is 70.6 cm³/mol. The first-order valence-electron chi connectivity index (χ1n) is 5.81. The van der Waals surface area contributed by atoms with Crippen LogP contribution in [0.5, 0.6) is 11.5 Å². The quantitative estimate of drug-likeness (QED) is 0.884. The van der Waals surface area contributed by atoms with Gasteiger partial charge in [-0.3, -0.25) is 0 Å². The zero-order chi connectivity index (χ0) is 13.8. The van der Waals surface area contributed by atoms with Crippen LogP contribution in [0.1, 0.15) is 21.5 Å². The number of hydrogen-bond acceptors (Lipinski definition) is 3. The van der Waals surface area contributed by atoms with Gasteiger partial charge in [-0.1, -0.05) is 24.3 Å². The number of ether oxygens (including phenoxy) is 1. The van der Waals surface area contributed by atoms with E-state index in [1.54, 1.807) is 49.4 Å². The highest BCUT2D eigenvalue weighted by atomic mass is 16.5. The number of para-hydroxylation sites is 2. The Morgan fingerprint density at radius 3 is 2.58 bits per heavy atom. The minimum Gasteiger partial charge on any atom is -0.504 e. The van der Waals surface area contributed by atoms with E-state index in [2.05, 4.69) is 0 Å². The number of aryl methyl sites for hydroxylation is 1. The van der Waals surface area contributed by atoms with Gasteiger partial charge in [0.15, 0.2) is 11.5 Å². The first kappa shape index (κ1) is 13.0. The molecule has 0 radical (unpaired) electrons. The molecule has 0 amide bonds. The van der Waals surface area contributed by atoms with Crippen molar-refractivity contribution in [2.24, 2.45) is 0 Å². The van der Waals surface area contributed by atoms with Crippen LogP contribution in [-0.4, -0.2) is 16.2 Å². The molecule has 0 aromatic heterocycles. The molecule has 0 atom stereocenters. The number of phenols is 1. The molecule has 4 heteroatoms. The number of carbonyl (C=O) groups is 1. The molecule has 2 rings (SSSR count). The smallest absolute Gasteiger partial charge is 0.335 e. The number of benzene rings is 2. The molecule has 2 aromatic rings. The molecule has 98 valence electrons. The molecule has 0 unspecified atom stereocenters. The van der Waals surface area contributed by atoms with Gasteiger partial charge in [0.25, 0.3) is 0 Å². The average Bonchev–Trinajstić information content (AvgIpc) is 2.37.